The fourth-order valence-corrected chi connectivity index (χ4v) is 17.9. The van der Waals surface area contributed by atoms with Crippen LogP contribution in [0.2, 0.25) is 0 Å². The Morgan fingerprint density at radius 3 is 1.65 bits per heavy atom. The van der Waals surface area contributed by atoms with E-state index in [-0.39, 0.29) is 29.1 Å². The molecule has 34 unspecified atom stereocenters. The van der Waals surface area contributed by atoms with Gasteiger partial charge in [0.1, 0.15) is 129 Å². The Morgan fingerprint density at radius 1 is 0.533 bits per heavy atom. The summed E-state index contributed by atoms with van der Waals surface area (Å²) in [6, 6.07) is 0. The van der Waals surface area contributed by atoms with Crippen LogP contribution in [0.1, 0.15) is 120 Å². The lowest BCUT2D eigenvalue weighted by molar-refractivity contribution is -0.378. The molecular weight excluding hydrogens is 1220 g/mol. The number of hydrogen-bond donors (Lipinski definition) is 17. The van der Waals surface area contributed by atoms with Gasteiger partial charge in [-0.05, 0) is 124 Å². The molecule has 4 aliphatic carbocycles. The largest absolute Gasteiger partial charge is 0.481 e. The zero-order valence-electron chi connectivity index (χ0n) is 53.4. The van der Waals surface area contributed by atoms with Gasteiger partial charge in [0.15, 0.2) is 31.5 Å². The summed E-state index contributed by atoms with van der Waals surface area (Å²) >= 11 is 0. The number of esters is 1. The molecule has 92 heavy (non-hydrogen) atoms. The Kier molecular flexibility index (Phi) is 23.2. The van der Waals surface area contributed by atoms with Crippen LogP contribution in [-0.4, -0.2) is 297 Å². The molecule has 0 radical (unpaired) electrons. The van der Waals surface area contributed by atoms with Gasteiger partial charge in [-0.3, -0.25) is 9.59 Å². The minimum Gasteiger partial charge on any atom is -0.481 e. The summed E-state index contributed by atoms with van der Waals surface area (Å²) in [7, 11) is 0. The second-order valence-corrected chi connectivity index (χ2v) is 29.1. The molecule has 0 spiro atoms. The number of aliphatic hydroxyl groups excluding tert-OH is 16. The Balaban J connectivity index is 0.905. The molecule has 30 nitrogen and oxygen atoms in total. The molecule has 30 heteroatoms. The van der Waals surface area contributed by atoms with Crippen molar-refractivity contribution in [3.63, 3.8) is 0 Å². The standard InChI is InChI=1S/C62H102O30/c1-25(2)10-9-14-62(8,92-56-49(80)45(76)42(73)32(88-56)24-83-53-50(81)51(43(74)30(22-65)84-53)90-54-47(78)40(71)29(21-64)85-54)26-11-16-61(7)38(26)27(66)18-34-59(5)15-13-35(58(3,4)33(59)12-17-60(34,61)6)89-57-52(46(77)39(70)28(20-63)86-57)91-55-48(79)44(75)41(72)31(87-55)23-82-37(69)19-36(67)68/h10,26-35,38-57,63-66,70-81H,9,11-24H2,1-8H3,(H,67,68). The van der Waals surface area contributed by atoms with Crippen LogP contribution >= 0.6 is 0 Å². The molecule has 5 saturated heterocycles. The highest BCUT2D eigenvalue weighted by atomic mass is 16.8. The van der Waals surface area contributed by atoms with Gasteiger partial charge in [0.2, 0.25) is 0 Å². The van der Waals surface area contributed by atoms with Crippen LogP contribution in [-0.2, 0) is 61.7 Å². The molecule has 9 aliphatic rings. The molecule has 0 bridgehead atoms. The van der Waals surface area contributed by atoms with E-state index in [1.54, 1.807) is 0 Å². The minimum atomic E-state index is -1.97. The number of carboxylic acids is 1. The highest BCUT2D eigenvalue weighted by Gasteiger charge is 2.72. The Bertz CT molecular complexity index is 2510. The number of aliphatic carboxylic acids is 1. The molecule has 34 atom stereocenters. The fraction of sp³-hybridized carbons (Fsp3) is 0.935. The maximum atomic E-state index is 13.0. The van der Waals surface area contributed by atoms with Crippen LogP contribution in [0.3, 0.4) is 0 Å². The lowest BCUT2D eigenvalue weighted by atomic mass is 9.35. The number of hydrogen-bond acceptors (Lipinski definition) is 29. The molecule has 0 aromatic carbocycles. The first-order chi connectivity index (χ1) is 43.1. The summed E-state index contributed by atoms with van der Waals surface area (Å²) in [4.78, 5) is 23.1. The summed E-state index contributed by atoms with van der Waals surface area (Å²) < 4.78 is 65.7. The number of carbonyl (C=O) groups excluding carboxylic acids is 1. The van der Waals surface area contributed by atoms with E-state index in [1.165, 1.54) is 0 Å². The molecular formula is C62H102O30. The number of carbonyl (C=O) groups is 2. The van der Waals surface area contributed by atoms with Crippen LogP contribution < -0.4 is 0 Å². The first kappa shape index (κ1) is 73.9. The number of fused-ring (bicyclic) bond motifs is 5. The zero-order chi connectivity index (χ0) is 67.6. The van der Waals surface area contributed by atoms with E-state index in [0.29, 0.717) is 44.9 Å². The number of ether oxygens (including phenoxy) is 11. The third kappa shape index (κ3) is 13.8. The highest BCUT2D eigenvalue weighted by molar-refractivity contribution is 5.90. The van der Waals surface area contributed by atoms with Crippen molar-refractivity contribution in [3.8, 4) is 0 Å². The monoisotopic (exact) mass is 1330 g/mol. The predicted molar refractivity (Wildman–Crippen MR) is 309 cm³/mol. The highest BCUT2D eigenvalue weighted by Crippen LogP contribution is 2.76. The predicted octanol–water partition coefficient (Wildman–Crippen LogP) is -3.71. The van der Waals surface area contributed by atoms with E-state index in [0.717, 1.165) is 18.4 Å². The molecule has 5 aliphatic heterocycles. The van der Waals surface area contributed by atoms with Gasteiger partial charge in [0.05, 0.1) is 44.2 Å². The van der Waals surface area contributed by atoms with Crippen molar-refractivity contribution < 1.29 is 149 Å². The Hall–Kier alpha value is -2.36. The minimum absolute atomic E-state index is 0.0397. The number of aliphatic hydroxyl groups is 16. The second-order valence-electron chi connectivity index (χ2n) is 29.1. The normalized spacial score (nSPS) is 50.0. The van der Waals surface area contributed by atoms with Crippen molar-refractivity contribution >= 4 is 11.9 Å². The van der Waals surface area contributed by atoms with E-state index in [9.17, 15) is 91.3 Å². The molecule has 0 aromatic heterocycles. The van der Waals surface area contributed by atoms with Crippen LogP contribution in [0.5, 0.6) is 0 Å². The van der Waals surface area contributed by atoms with E-state index in [2.05, 4.69) is 40.7 Å². The Morgan fingerprint density at radius 2 is 1.04 bits per heavy atom. The van der Waals surface area contributed by atoms with E-state index in [1.807, 2.05) is 20.8 Å². The summed E-state index contributed by atoms with van der Waals surface area (Å²) in [6.07, 6.45) is -35.6. The van der Waals surface area contributed by atoms with Crippen molar-refractivity contribution in [1.82, 2.24) is 0 Å². The number of carboxylic acid groups (broad SMARTS) is 1. The molecule has 9 fully saturated rings. The smallest absolute Gasteiger partial charge is 0.317 e. The first-order valence-corrected chi connectivity index (χ1v) is 32.3. The van der Waals surface area contributed by atoms with Crippen molar-refractivity contribution in [3.05, 3.63) is 11.6 Å². The number of rotatable bonds is 22. The second kappa shape index (κ2) is 28.8. The van der Waals surface area contributed by atoms with E-state index < -0.39 is 233 Å². The van der Waals surface area contributed by atoms with E-state index >= 15 is 0 Å². The topological polar surface area (TPSA) is 480 Å². The third-order valence-electron chi connectivity index (χ3n) is 23.2. The zero-order valence-corrected chi connectivity index (χ0v) is 53.4. The molecule has 9 rings (SSSR count). The Labute approximate surface area is 533 Å². The maximum absolute atomic E-state index is 13.0. The van der Waals surface area contributed by atoms with Crippen molar-refractivity contribution in [2.75, 3.05) is 33.0 Å². The van der Waals surface area contributed by atoms with Crippen molar-refractivity contribution in [2.24, 2.45) is 45.3 Å². The van der Waals surface area contributed by atoms with Gasteiger partial charge in [0.25, 0.3) is 0 Å². The number of allylic oxidation sites excluding steroid dienone is 2. The van der Waals surface area contributed by atoms with Crippen LogP contribution in [0.25, 0.3) is 0 Å². The average molecular weight is 1330 g/mol. The molecule has 0 aromatic rings. The van der Waals surface area contributed by atoms with Gasteiger partial charge in [-0.1, -0.05) is 46.3 Å². The molecule has 530 valence electrons. The van der Waals surface area contributed by atoms with Gasteiger partial charge in [-0.15, -0.1) is 0 Å². The van der Waals surface area contributed by atoms with Crippen molar-refractivity contribution in [2.45, 2.75) is 285 Å². The van der Waals surface area contributed by atoms with Gasteiger partial charge >= 0.3 is 11.9 Å². The summed E-state index contributed by atoms with van der Waals surface area (Å²) in [5.41, 5.74) is -2.06. The van der Waals surface area contributed by atoms with Crippen molar-refractivity contribution in [1.29, 1.82) is 0 Å². The average Bonchev–Trinajstić information content (AvgIpc) is 1.24. The fourth-order valence-electron chi connectivity index (χ4n) is 17.9. The van der Waals surface area contributed by atoms with Crippen LogP contribution in [0, 0.1) is 45.3 Å². The van der Waals surface area contributed by atoms with Gasteiger partial charge in [0, 0.05) is 0 Å². The van der Waals surface area contributed by atoms with E-state index in [4.69, 9.17) is 57.2 Å². The first-order valence-electron chi connectivity index (χ1n) is 32.3. The molecule has 17 N–H and O–H groups in total. The molecule has 5 heterocycles. The van der Waals surface area contributed by atoms with Crippen LogP contribution in [0.4, 0.5) is 0 Å². The summed E-state index contributed by atoms with van der Waals surface area (Å²) in [5, 5.41) is 185. The lowest BCUT2D eigenvalue weighted by Crippen LogP contribution is -2.68. The van der Waals surface area contributed by atoms with Gasteiger partial charge in [-0.2, -0.15) is 0 Å². The third-order valence-corrected chi connectivity index (χ3v) is 23.2. The quantitative estimate of drug-likeness (QED) is 0.0215. The summed E-state index contributed by atoms with van der Waals surface area (Å²) in [6.45, 7) is 13.2. The van der Waals surface area contributed by atoms with Crippen LogP contribution in [0.15, 0.2) is 11.6 Å². The lowest BCUT2D eigenvalue weighted by Gasteiger charge is -2.71. The molecule has 4 saturated carbocycles. The van der Waals surface area contributed by atoms with Gasteiger partial charge in [-0.25, -0.2) is 0 Å². The summed E-state index contributed by atoms with van der Waals surface area (Å²) in [5.74, 6) is -3.44. The maximum Gasteiger partial charge on any atom is 0.317 e. The SMILES string of the molecule is CC(C)=CCCC(C)(OC1OC(COC2OC(CO)C(O)C(OC3OC(CO)C(O)C3O)C2O)C(O)C(O)C1O)C1CCC2(C)C1C(O)CC1C3(C)CCC(OC4OC(CO)C(O)C(O)C4OC4OC(COC(=O)CC(=O)O)C(O)C(O)C4O)C(C)(C)C3CCC12C. The van der Waals surface area contributed by atoms with Gasteiger partial charge < -0.3 is 139 Å². The molecule has 0 amide bonds.